The van der Waals surface area contributed by atoms with Gasteiger partial charge in [0.2, 0.25) is 0 Å². The molecule has 2 aromatic rings. The summed E-state index contributed by atoms with van der Waals surface area (Å²) in [5.41, 5.74) is 1.35. The average molecular weight is 428 g/mol. The summed E-state index contributed by atoms with van der Waals surface area (Å²) in [6.45, 7) is 4.43. The largest absolute Gasteiger partial charge is 0.497 e. The molecule has 7 nitrogen and oxygen atoms in total. The third-order valence-electron chi connectivity index (χ3n) is 6.44. The predicted octanol–water partition coefficient (Wildman–Crippen LogP) is 3.96. The van der Waals surface area contributed by atoms with E-state index in [1.54, 1.807) is 13.2 Å². The minimum Gasteiger partial charge on any atom is -0.497 e. The summed E-state index contributed by atoms with van der Waals surface area (Å²) in [7, 11) is 1.59. The van der Waals surface area contributed by atoms with E-state index in [1.807, 2.05) is 25.1 Å². The van der Waals surface area contributed by atoms with Gasteiger partial charge in [0, 0.05) is 25.2 Å². The number of hydrogen-bond donors (Lipinski definition) is 1. The number of hydrogen-bond acceptors (Lipinski definition) is 6. The number of piperidine rings is 1. The van der Waals surface area contributed by atoms with Crippen LogP contribution in [0.5, 0.6) is 11.5 Å². The van der Waals surface area contributed by atoms with Crippen molar-refractivity contribution in [2.75, 3.05) is 20.2 Å². The van der Waals surface area contributed by atoms with Gasteiger partial charge < -0.3 is 24.2 Å². The van der Waals surface area contributed by atoms with Crippen molar-refractivity contribution in [3.8, 4) is 11.5 Å². The van der Waals surface area contributed by atoms with Gasteiger partial charge in [-0.2, -0.15) is 0 Å². The van der Waals surface area contributed by atoms with Gasteiger partial charge in [-0.1, -0.05) is 24.9 Å². The Morgan fingerprint density at radius 3 is 2.65 bits per heavy atom. The van der Waals surface area contributed by atoms with Gasteiger partial charge in [-0.05, 0) is 50.3 Å². The maximum absolute atomic E-state index is 12.9. The quantitative estimate of drug-likeness (QED) is 0.687. The normalized spacial score (nSPS) is 18.3. The molecule has 2 heterocycles. The first-order valence-corrected chi connectivity index (χ1v) is 11.5. The Labute approximate surface area is 184 Å². The lowest BCUT2D eigenvalue weighted by atomic mass is 10.0. The van der Waals surface area contributed by atoms with Crippen molar-refractivity contribution in [3.05, 3.63) is 41.3 Å². The highest BCUT2D eigenvalue weighted by Crippen LogP contribution is 2.30. The molecule has 1 aromatic carbocycles. The second kappa shape index (κ2) is 10.2. The Hall–Kier alpha value is -2.54. The maximum atomic E-state index is 12.9. The zero-order chi connectivity index (χ0) is 21.6. The summed E-state index contributed by atoms with van der Waals surface area (Å²) in [5, 5.41) is 6.88. The van der Waals surface area contributed by atoms with Crippen LogP contribution >= 0.6 is 0 Å². The molecule has 1 aromatic heterocycles. The molecule has 2 fully saturated rings. The number of benzene rings is 1. The van der Waals surface area contributed by atoms with Gasteiger partial charge in [-0.25, -0.2) is 0 Å². The van der Waals surface area contributed by atoms with Crippen LogP contribution in [0.3, 0.4) is 0 Å². The van der Waals surface area contributed by atoms with Crippen molar-refractivity contribution in [2.24, 2.45) is 0 Å². The highest BCUT2D eigenvalue weighted by atomic mass is 16.5. The molecule has 1 saturated carbocycles. The molecule has 1 N–H and O–H groups in total. The number of ether oxygens (including phenoxy) is 2. The molecule has 4 rings (SSSR count). The number of aryl methyl sites for hydroxylation is 1. The van der Waals surface area contributed by atoms with Gasteiger partial charge in [-0.15, -0.1) is 0 Å². The number of rotatable bonds is 8. The Kier molecular flexibility index (Phi) is 7.12. The Morgan fingerprint density at radius 2 is 1.97 bits per heavy atom. The number of nitrogens with zero attached hydrogens (tertiary/aromatic N) is 2. The smallest absolute Gasteiger partial charge is 0.255 e. The molecular formula is C24H33N3O4. The maximum Gasteiger partial charge on any atom is 0.255 e. The van der Waals surface area contributed by atoms with Crippen LogP contribution in [0.4, 0.5) is 0 Å². The number of nitrogens with one attached hydrogen (secondary N) is 1. The zero-order valence-electron chi connectivity index (χ0n) is 18.6. The average Bonchev–Trinajstić information content (AvgIpc) is 3.50. The van der Waals surface area contributed by atoms with E-state index in [0.29, 0.717) is 22.8 Å². The van der Waals surface area contributed by atoms with E-state index in [2.05, 4.69) is 15.4 Å². The lowest BCUT2D eigenvalue weighted by Gasteiger charge is -2.36. The van der Waals surface area contributed by atoms with Gasteiger partial charge in [0.15, 0.2) is 5.76 Å². The molecule has 1 amide bonds. The Bertz CT molecular complexity index is 867. The van der Waals surface area contributed by atoms with Crippen LogP contribution in [-0.2, 0) is 13.0 Å². The molecule has 0 unspecified atom stereocenters. The van der Waals surface area contributed by atoms with Crippen LogP contribution in [0.2, 0.25) is 0 Å². The number of likely N-dealkylation sites (tertiary alicyclic amines) is 1. The van der Waals surface area contributed by atoms with E-state index in [9.17, 15) is 4.79 Å². The summed E-state index contributed by atoms with van der Waals surface area (Å²) >= 11 is 0. The Morgan fingerprint density at radius 1 is 1.19 bits per heavy atom. The standard InChI is InChI=1S/C24H33N3O4/c1-3-17-14-21(31-26-17)16-25-24(28)22-15-20(29-2)8-9-23(22)30-19-10-12-27(13-11-19)18-6-4-5-7-18/h8-9,14-15,18-19H,3-7,10-13,16H2,1-2H3,(H,25,28). The molecular weight excluding hydrogens is 394 g/mol. The molecule has 0 atom stereocenters. The fourth-order valence-electron chi connectivity index (χ4n) is 4.59. The van der Waals surface area contributed by atoms with Crippen LogP contribution in [0.25, 0.3) is 0 Å². The second-order valence-corrected chi connectivity index (χ2v) is 8.47. The van der Waals surface area contributed by atoms with E-state index >= 15 is 0 Å². The molecule has 1 aliphatic carbocycles. The minimum absolute atomic E-state index is 0.124. The number of carbonyl (C=O) groups is 1. The fourth-order valence-corrected chi connectivity index (χ4v) is 4.59. The van der Waals surface area contributed by atoms with Gasteiger partial charge in [0.05, 0.1) is 24.9 Å². The lowest BCUT2D eigenvalue weighted by Crippen LogP contribution is -2.43. The molecule has 0 bridgehead atoms. The predicted molar refractivity (Wildman–Crippen MR) is 118 cm³/mol. The molecule has 31 heavy (non-hydrogen) atoms. The summed E-state index contributed by atoms with van der Waals surface area (Å²) in [6.07, 6.45) is 8.28. The van der Waals surface area contributed by atoms with Crippen LogP contribution < -0.4 is 14.8 Å². The first-order valence-electron chi connectivity index (χ1n) is 11.5. The van der Waals surface area contributed by atoms with E-state index in [1.165, 1.54) is 25.7 Å². The summed E-state index contributed by atoms with van der Waals surface area (Å²) in [4.78, 5) is 15.6. The van der Waals surface area contributed by atoms with E-state index in [-0.39, 0.29) is 18.6 Å². The minimum atomic E-state index is -0.216. The summed E-state index contributed by atoms with van der Waals surface area (Å²) < 4.78 is 16.9. The van der Waals surface area contributed by atoms with E-state index in [0.717, 1.165) is 44.1 Å². The first-order chi connectivity index (χ1) is 15.2. The first kappa shape index (κ1) is 21.7. The molecule has 1 saturated heterocycles. The van der Waals surface area contributed by atoms with E-state index in [4.69, 9.17) is 14.0 Å². The second-order valence-electron chi connectivity index (χ2n) is 8.47. The number of methoxy groups -OCH3 is 1. The van der Waals surface area contributed by atoms with Gasteiger partial charge in [-0.3, -0.25) is 4.79 Å². The molecule has 2 aliphatic rings. The van der Waals surface area contributed by atoms with Gasteiger partial charge in [0.25, 0.3) is 5.91 Å². The summed E-state index contributed by atoms with van der Waals surface area (Å²) in [6, 6.07) is 8.02. The lowest BCUT2D eigenvalue weighted by molar-refractivity contribution is 0.0749. The van der Waals surface area contributed by atoms with Crippen LogP contribution in [0.1, 0.15) is 67.3 Å². The number of aromatic nitrogens is 1. The third kappa shape index (κ3) is 5.39. The van der Waals surface area contributed by atoms with Crippen LogP contribution in [-0.4, -0.2) is 48.3 Å². The highest BCUT2D eigenvalue weighted by molar-refractivity contribution is 5.97. The van der Waals surface area contributed by atoms with Crippen molar-refractivity contribution in [1.82, 2.24) is 15.4 Å². The molecule has 7 heteroatoms. The summed E-state index contributed by atoms with van der Waals surface area (Å²) in [5.74, 6) is 1.65. The Balaban J connectivity index is 1.38. The van der Waals surface area contributed by atoms with Crippen molar-refractivity contribution < 1.29 is 18.8 Å². The van der Waals surface area contributed by atoms with E-state index < -0.39 is 0 Å². The fraction of sp³-hybridized carbons (Fsp3) is 0.583. The number of amides is 1. The monoisotopic (exact) mass is 427 g/mol. The van der Waals surface area contributed by atoms with Gasteiger partial charge >= 0.3 is 0 Å². The molecule has 168 valence electrons. The topological polar surface area (TPSA) is 76.8 Å². The SMILES string of the molecule is CCc1cc(CNC(=O)c2cc(OC)ccc2OC2CCN(C3CCCC3)CC2)on1. The molecule has 1 aliphatic heterocycles. The number of carbonyl (C=O) groups excluding carboxylic acids is 1. The van der Waals surface area contributed by atoms with Crippen LogP contribution in [0.15, 0.2) is 28.8 Å². The molecule has 0 spiro atoms. The third-order valence-corrected chi connectivity index (χ3v) is 6.44. The van der Waals surface area contributed by atoms with Crippen molar-refractivity contribution in [2.45, 2.75) is 70.6 Å². The van der Waals surface area contributed by atoms with Crippen molar-refractivity contribution in [1.29, 1.82) is 0 Å². The van der Waals surface area contributed by atoms with Crippen molar-refractivity contribution >= 4 is 5.91 Å². The van der Waals surface area contributed by atoms with Gasteiger partial charge in [0.1, 0.15) is 17.6 Å². The highest BCUT2D eigenvalue weighted by Gasteiger charge is 2.28. The zero-order valence-corrected chi connectivity index (χ0v) is 18.6. The van der Waals surface area contributed by atoms with Crippen molar-refractivity contribution in [3.63, 3.8) is 0 Å². The molecule has 0 radical (unpaired) electrons. The van der Waals surface area contributed by atoms with Crippen LogP contribution in [0, 0.1) is 0 Å².